The van der Waals surface area contributed by atoms with Gasteiger partial charge in [0, 0.05) is 62.0 Å². The molecule has 0 spiro atoms. The molecule has 3 heterocycles. The van der Waals surface area contributed by atoms with Crippen molar-refractivity contribution in [1.82, 2.24) is 19.9 Å². The van der Waals surface area contributed by atoms with Gasteiger partial charge >= 0.3 is 0 Å². The summed E-state index contributed by atoms with van der Waals surface area (Å²) >= 11 is 0. The third-order valence-corrected chi connectivity index (χ3v) is 4.84. The monoisotopic (exact) mass is 341 g/mol. The minimum Gasteiger partial charge on any atom is -0.396 e. The van der Waals surface area contributed by atoms with E-state index in [1.165, 1.54) is 0 Å². The Morgan fingerprint density at radius 3 is 2.76 bits per heavy atom. The highest BCUT2D eigenvalue weighted by Gasteiger charge is 2.23. The van der Waals surface area contributed by atoms with Crippen LogP contribution in [-0.2, 0) is 0 Å². The van der Waals surface area contributed by atoms with Crippen LogP contribution in [0.2, 0.25) is 0 Å². The van der Waals surface area contributed by atoms with Gasteiger partial charge in [0.2, 0.25) is 0 Å². The van der Waals surface area contributed by atoms with Gasteiger partial charge in [-0.1, -0.05) is 0 Å². The molecule has 0 amide bonds. The van der Waals surface area contributed by atoms with Crippen molar-refractivity contribution in [3.63, 3.8) is 0 Å². The number of aryl methyl sites for hydroxylation is 1. The highest BCUT2D eigenvalue weighted by Crippen LogP contribution is 2.24. The molecule has 0 unspecified atom stereocenters. The zero-order valence-electron chi connectivity index (χ0n) is 15.1. The molecule has 134 valence electrons. The SMILES string of the molecule is Cc1cc(N2CCC(N(C)CCCO)CC2)nc(-c2cccnc2)n1. The predicted molar refractivity (Wildman–Crippen MR) is 99.6 cm³/mol. The van der Waals surface area contributed by atoms with Gasteiger partial charge in [0.25, 0.3) is 0 Å². The van der Waals surface area contributed by atoms with Crippen LogP contribution in [0.15, 0.2) is 30.6 Å². The molecule has 6 heteroatoms. The highest BCUT2D eigenvalue weighted by molar-refractivity contribution is 5.56. The Morgan fingerprint density at radius 1 is 1.28 bits per heavy atom. The summed E-state index contributed by atoms with van der Waals surface area (Å²) in [7, 11) is 2.16. The summed E-state index contributed by atoms with van der Waals surface area (Å²) in [5.41, 5.74) is 1.93. The largest absolute Gasteiger partial charge is 0.396 e. The van der Waals surface area contributed by atoms with Gasteiger partial charge in [-0.05, 0) is 45.4 Å². The Kier molecular flexibility index (Phi) is 5.94. The number of aromatic nitrogens is 3. The van der Waals surface area contributed by atoms with E-state index in [9.17, 15) is 0 Å². The summed E-state index contributed by atoms with van der Waals surface area (Å²) in [6.45, 7) is 5.23. The molecule has 1 aliphatic heterocycles. The Labute approximate surface area is 149 Å². The van der Waals surface area contributed by atoms with Crippen molar-refractivity contribution in [1.29, 1.82) is 0 Å². The van der Waals surface area contributed by atoms with E-state index >= 15 is 0 Å². The van der Waals surface area contributed by atoms with Crippen molar-refractivity contribution < 1.29 is 5.11 Å². The van der Waals surface area contributed by atoms with Crippen LogP contribution in [0.3, 0.4) is 0 Å². The van der Waals surface area contributed by atoms with E-state index in [2.05, 4.69) is 32.9 Å². The van der Waals surface area contributed by atoms with E-state index in [4.69, 9.17) is 10.1 Å². The van der Waals surface area contributed by atoms with Crippen LogP contribution in [0.4, 0.5) is 5.82 Å². The second-order valence-corrected chi connectivity index (χ2v) is 6.71. The molecule has 0 atom stereocenters. The van der Waals surface area contributed by atoms with Gasteiger partial charge in [0.05, 0.1) is 0 Å². The van der Waals surface area contributed by atoms with Crippen LogP contribution in [0, 0.1) is 6.92 Å². The molecule has 25 heavy (non-hydrogen) atoms. The number of aliphatic hydroxyl groups is 1. The third-order valence-electron chi connectivity index (χ3n) is 4.84. The first kappa shape index (κ1) is 17.8. The fourth-order valence-corrected chi connectivity index (χ4v) is 3.38. The highest BCUT2D eigenvalue weighted by atomic mass is 16.3. The lowest BCUT2D eigenvalue weighted by Gasteiger charge is -2.37. The summed E-state index contributed by atoms with van der Waals surface area (Å²) in [5.74, 6) is 1.74. The number of aliphatic hydroxyl groups excluding tert-OH is 1. The second-order valence-electron chi connectivity index (χ2n) is 6.71. The molecule has 1 fully saturated rings. The van der Waals surface area contributed by atoms with Crippen molar-refractivity contribution >= 4 is 5.82 Å². The number of pyridine rings is 1. The van der Waals surface area contributed by atoms with Gasteiger partial charge in [-0.15, -0.1) is 0 Å². The Morgan fingerprint density at radius 2 is 2.08 bits per heavy atom. The van der Waals surface area contributed by atoms with Crippen molar-refractivity contribution in [2.24, 2.45) is 0 Å². The van der Waals surface area contributed by atoms with Gasteiger partial charge in [0.1, 0.15) is 5.82 Å². The number of hydrogen-bond acceptors (Lipinski definition) is 6. The van der Waals surface area contributed by atoms with Crippen molar-refractivity contribution in [2.45, 2.75) is 32.2 Å². The molecule has 2 aromatic rings. The first-order chi connectivity index (χ1) is 12.2. The number of piperidine rings is 1. The van der Waals surface area contributed by atoms with Crippen LogP contribution < -0.4 is 4.90 Å². The van der Waals surface area contributed by atoms with Crippen LogP contribution in [0.1, 0.15) is 25.0 Å². The zero-order valence-corrected chi connectivity index (χ0v) is 15.1. The summed E-state index contributed by atoms with van der Waals surface area (Å²) in [4.78, 5) is 18.2. The smallest absolute Gasteiger partial charge is 0.163 e. The van der Waals surface area contributed by atoms with E-state index in [-0.39, 0.29) is 6.61 Å². The quantitative estimate of drug-likeness (QED) is 0.868. The summed E-state index contributed by atoms with van der Waals surface area (Å²) in [6.07, 6.45) is 6.65. The second kappa shape index (κ2) is 8.36. The average molecular weight is 341 g/mol. The average Bonchev–Trinajstić information content (AvgIpc) is 2.66. The molecule has 6 nitrogen and oxygen atoms in total. The summed E-state index contributed by atoms with van der Waals surface area (Å²) in [5, 5.41) is 9.00. The maximum atomic E-state index is 9.00. The Bertz CT molecular complexity index is 671. The number of hydrogen-bond donors (Lipinski definition) is 1. The molecular formula is C19H27N5O. The topological polar surface area (TPSA) is 65.4 Å². The van der Waals surface area contributed by atoms with Crippen LogP contribution in [0.5, 0.6) is 0 Å². The van der Waals surface area contributed by atoms with Crippen molar-refractivity contribution in [3.05, 3.63) is 36.3 Å². The zero-order chi connectivity index (χ0) is 17.6. The van der Waals surface area contributed by atoms with E-state index < -0.39 is 0 Å². The molecule has 0 saturated carbocycles. The minimum atomic E-state index is 0.264. The maximum Gasteiger partial charge on any atom is 0.163 e. The number of nitrogens with zero attached hydrogens (tertiary/aromatic N) is 5. The van der Waals surface area contributed by atoms with E-state index in [0.29, 0.717) is 6.04 Å². The van der Waals surface area contributed by atoms with Gasteiger partial charge in [-0.25, -0.2) is 9.97 Å². The molecule has 0 radical (unpaired) electrons. The Balaban J connectivity index is 1.68. The Hall–Kier alpha value is -2.05. The first-order valence-corrected chi connectivity index (χ1v) is 8.99. The normalized spacial score (nSPS) is 15.8. The number of anilines is 1. The van der Waals surface area contributed by atoms with Gasteiger partial charge < -0.3 is 14.9 Å². The molecular weight excluding hydrogens is 314 g/mol. The lowest BCUT2D eigenvalue weighted by Crippen LogP contribution is -2.44. The third kappa shape index (κ3) is 4.52. The molecule has 0 bridgehead atoms. The lowest BCUT2D eigenvalue weighted by molar-refractivity contribution is 0.184. The van der Waals surface area contributed by atoms with Gasteiger partial charge in [-0.3, -0.25) is 4.98 Å². The summed E-state index contributed by atoms with van der Waals surface area (Å²) in [6, 6.07) is 6.56. The molecule has 1 aliphatic rings. The summed E-state index contributed by atoms with van der Waals surface area (Å²) < 4.78 is 0. The van der Waals surface area contributed by atoms with Gasteiger partial charge in [-0.2, -0.15) is 0 Å². The van der Waals surface area contributed by atoms with Crippen LogP contribution in [0.25, 0.3) is 11.4 Å². The van der Waals surface area contributed by atoms with Crippen LogP contribution >= 0.6 is 0 Å². The van der Waals surface area contributed by atoms with E-state index in [0.717, 1.165) is 61.8 Å². The molecule has 0 aromatic carbocycles. The molecule has 2 aromatic heterocycles. The van der Waals surface area contributed by atoms with Gasteiger partial charge in [0.15, 0.2) is 5.82 Å². The van der Waals surface area contributed by atoms with E-state index in [1.54, 1.807) is 12.4 Å². The van der Waals surface area contributed by atoms with E-state index in [1.807, 2.05) is 19.1 Å². The molecule has 0 aliphatic carbocycles. The molecule has 1 N–H and O–H groups in total. The maximum absolute atomic E-state index is 9.00. The van der Waals surface area contributed by atoms with Crippen molar-refractivity contribution in [3.8, 4) is 11.4 Å². The minimum absolute atomic E-state index is 0.264. The van der Waals surface area contributed by atoms with Crippen LogP contribution in [-0.4, -0.2) is 64.3 Å². The number of rotatable bonds is 6. The molecule has 3 rings (SSSR count). The van der Waals surface area contributed by atoms with Crippen molar-refractivity contribution in [2.75, 3.05) is 38.2 Å². The first-order valence-electron chi connectivity index (χ1n) is 8.99. The predicted octanol–water partition coefficient (Wildman–Crippen LogP) is 2.13. The lowest BCUT2D eigenvalue weighted by atomic mass is 10.0. The fourth-order valence-electron chi connectivity index (χ4n) is 3.38. The standard InChI is InChI=1S/C19H27N5O/c1-15-13-18(22-19(21-15)16-5-3-8-20-14-16)24-10-6-17(7-11-24)23(2)9-4-12-25/h3,5,8,13-14,17,25H,4,6-7,9-12H2,1-2H3. The fraction of sp³-hybridized carbons (Fsp3) is 0.526. The molecule has 1 saturated heterocycles.